The number of hydrogen-bond acceptors (Lipinski definition) is 5. The Balaban J connectivity index is 1.97. The Morgan fingerprint density at radius 2 is 2.17 bits per heavy atom. The number of fused-ring (bicyclic) bond motifs is 1. The van der Waals surface area contributed by atoms with Crippen LogP contribution >= 0.6 is 0 Å². The monoisotopic (exact) mass is 174 g/mol. The van der Waals surface area contributed by atoms with Crippen molar-refractivity contribution < 1.29 is 23.7 Å². The van der Waals surface area contributed by atoms with Gasteiger partial charge in [-0.2, -0.15) is 0 Å². The minimum absolute atomic E-state index is 0.198. The molecule has 0 amide bonds. The molecule has 0 radical (unpaired) electrons. The number of rotatable bonds is 1. The lowest BCUT2D eigenvalue weighted by Crippen LogP contribution is -2.39. The van der Waals surface area contributed by atoms with Gasteiger partial charge in [0, 0.05) is 13.5 Å². The Morgan fingerprint density at radius 1 is 1.42 bits per heavy atom. The van der Waals surface area contributed by atoms with Crippen LogP contribution in [0.3, 0.4) is 0 Å². The second-order valence-corrected chi connectivity index (χ2v) is 2.80. The fourth-order valence-electron chi connectivity index (χ4n) is 1.39. The van der Waals surface area contributed by atoms with Gasteiger partial charge in [-0.3, -0.25) is 0 Å². The molecule has 2 aliphatic rings. The minimum atomic E-state index is -0.606. The predicted molar refractivity (Wildman–Crippen MR) is 36.5 cm³/mol. The summed E-state index contributed by atoms with van der Waals surface area (Å²) in [5.74, 6) is 0. The highest BCUT2D eigenvalue weighted by molar-refractivity contribution is 5.62. The van der Waals surface area contributed by atoms with Crippen LogP contribution < -0.4 is 0 Å². The smallest absolute Gasteiger partial charge is 0.427 e. The van der Waals surface area contributed by atoms with Gasteiger partial charge in [-0.1, -0.05) is 0 Å². The fraction of sp³-hybridized carbons (Fsp3) is 0.857. The van der Waals surface area contributed by atoms with Crippen LogP contribution in [0.4, 0.5) is 4.79 Å². The molecule has 2 saturated heterocycles. The van der Waals surface area contributed by atoms with Gasteiger partial charge < -0.3 is 18.9 Å². The molecule has 2 rings (SSSR count). The first kappa shape index (κ1) is 7.82. The van der Waals surface area contributed by atoms with Crippen LogP contribution in [-0.4, -0.2) is 38.4 Å². The van der Waals surface area contributed by atoms with E-state index in [0.717, 1.165) is 0 Å². The molecule has 0 aromatic heterocycles. The lowest BCUT2D eigenvalue weighted by molar-refractivity contribution is -0.182. The topological polar surface area (TPSA) is 54.0 Å². The molecule has 3 atom stereocenters. The number of ether oxygens (including phenoxy) is 4. The Bertz CT molecular complexity index is 192. The van der Waals surface area contributed by atoms with Crippen molar-refractivity contribution in [3.63, 3.8) is 0 Å². The second kappa shape index (κ2) is 2.91. The van der Waals surface area contributed by atoms with Crippen LogP contribution in [0.25, 0.3) is 0 Å². The van der Waals surface area contributed by atoms with Gasteiger partial charge in [-0.05, 0) is 0 Å². The molecule has 2 heterocycles. The summed E-state index contributed by atoms with van der Waals surface area (Å²) in [6.07, 6.45) is -0.779. The van der Waals surface area contributed by atoms with E-state index in [1.54, 1.807) is 7.11 Å². The van der Waals surface area contributed by atoms with Crippen molar-refractivity contribution in [2.24, 2.45) is 0 Å². The SMILES string of the molecule is CO[C@H]1C[C@H]2OC(=O)O[C@H]2CO1. The maximum Gasteiger partial charge on any atom is 0.509 e. The lowest BCUT2D eigenvalue weighted by Gasteiger charge is -2.27. The summed E-state index contributed by atoms with van der Waals surface area (Å²) in [4.78, 5) is 10.7. The normalized spacial score (nSPS) is 40.1. The third kappa shape index (κ3) is 1.25. The van der Waals surface area contributed by atoms with Gasteiger partial charge in [0.05, 0.1) is 6.61 Å². The van der Waals surface area contributed by atoms with Crippen molar-refractivity contribution >= 4 is 6.16 Å². The van der Waals surface area contributed by atoms with E-state index in [0.29, 0.717) is 13.0 Å². The van der Waals surface area contributed by atoms with Crippen LogP contribution in [0.15, 0.2) is 0 Å². The lowest BCUT2D eigenvalue weighted by atomic mass is 10.1. The van der Waals surface area contributed by atoms with Crippen molar-refractivity contribution in [1.82, 2.24) is 0 Å². The van der Waals surface area contributed by atoms with Crippen LogP contribution in [0.1, 0.15) is 6.42 Å². The molecule has 0 bridgehead atoms. The van der Waals surface area contributed by atoms with E-state index in [1.165, 1.54) is 0 Å². The van der Waals surface area contributed by atoms with E-state index in [1.807, 2.05) is 0 Å². The van der Waals surface area contributed by atoms with E-state index in [9.17, 15) is 4.79 Å². The quantitative estimate of drug-likeness (QED) is 0.534. The molecule has 0 aromatic rings. The standard InChI is InChI=1S/C7H10O5/c1-9-6-2-4-5(3-10-6)12-7(8)11-4/h4-6H,2-3H2,1H3/t4-,5+,6-/m1/s1. The van der Waals surface area contributed by atoms with E-state index in [2.05, 4.69) is 0 Å². The van der Waals surface area contributed by atoms with E-state index in [-0.39, 0.29) is 18.5 Å². The zero-order valence-electron chi connectivity index (χ0n) is 6.69. The third-order valence-electron chi connectivity index (χ3n) is 2.04. The molecule has 68 valence electrons. The average Bonchev–Trinajstić information content (AvgIpc) is 2.43. The number of carbonyl (C=O) groups excluding carboxylic acids is 1. The number of hydrogen-bond donors (Lipinski definition) is 0. The minimum Gasteiger partial charge on any atom is -0.427 e. The molecule has 0 aromatic carbocycles. The molecule has 5 nitrogen and oxygen atoms in total. The van der Waals surface area contributed by atoms with Gasteiger partial charge >= 0.3 is 6.16 Å². The summed E-state index contributed by atoms with van der Waals surface area (Å²) in [7, 11) is 1.56. The highest BCUT2D eigenvalue weighted by Gasteiger charge is 2.42. The van der Waals surface area contributed by atoms with Crippen LogP contribution in [0, 0.1) is 0 Å². The van der Waals surface area contributed by atoms with Crippen molar-refractivity contribution in [2.45, 2.75) is 24.9 Å². The van der Waals surface area contributed by atoms with Gasteiger partial charge in [0.25, 0.3) is 0 Å². The van der Waals surface area contributed by atoms with Crippen molar-refractivity contribution in [3.05, 3.63) is 0 Å². The van der Waals surface area contributed by atoms with Crippen molar-refractivity contribution in [1.29, 1.82) is 0 Å². The summed E-state index contributed by atoms with van der Waals surface area (Å²) >= 11 is 0. The Morgan fingerprint density at radius 3 is 2.92 bits per heavy atom. The van der Waals surface area contributed by atoms with Gasteiger partial charge in [0.1, 0.15) is 6.10 Å². The molecule has 0 aliphatic carbocycles. The maximum atomic E-state index is 10.7. The maximum absolute atomic E-state index is 10.7. The Kier molecular flexibility index (Phi) is 1.90. The zero-order chi connectivity index (χ0) is 8.55. The van der Waals surface area contributed by atoms with Crippen molar-refractivity contribution in [3.8, 4) is 0 Å². The summed E-state index contributed by atoms with van der Waals surface area (Å²) in [6.45, 7) is 0.356. The molecule has 12 heavy (non-hydrogen) atoms. The summed E-state index contributed by atoms with van der Waals surface area (Å²) < 4.78 is 19.9. The molecule has 0 unspecified atom stereocenters. The van der Waals surface area contributed by atoms with Crippen molar-refractivity contribution in [2.75, 3.05) is 13.7 Å². The Labute approximate surface area is 69.5 Å². The van der Waals surface area contributed by atoms with Crippen LogP contribution in [-0.2, 0) is 18.9 Å². The van der Waals surface area contributed by atoms with Crippen LogP contribution in [0.2, 0.25) is 0 Å². The third-order valence-corrected chi connectivity index (χ3v) is 2.04. The highest BCUT2D eigenvalue weighted by Crippen LogP contribution is 2.25. The molecular weight excluding hydrogens is 164 g/mol. The van der Waals surface area contributed by atoms with E-state index >= 15 is 0 Å². The van der Waals surface area contributed by atoms with E-state index < -0.39 is 6.16 Å². The molecule has 0 spiro atoms. The van der Waals surface area contributed by atoms with Gasteiger partial charge in [-0.25, -0.2) is 4.79 Å². The van der Waals surface area contributed by atoms with Gasteiger partial charge in [-0.15, -0.1) is 0 Å². The molecular formula is C7H10O5. The number of carbonyl (C=O) groups is 1. The molecule has 0 saturated carbocycles. The molecule has 2 fully saturated rings. The van der Waals surface area contributed by atoms with Crippen LogP contribution in [0.5, 0.6) is 0 Å². The van der Waals surface area contributed by atoms with Gasteiger partial charge in [0.2, 0.25) is 0 Å². The zero-order valence-corrected chi connectivity index (χ0v) is 6.69. The van der Waals surface area contributed by atoms with Gasteiger partial charge in [0.15, 0.2) is 12.4 Å². The first-order chi connectivity index (χ1) is 5.79. The number of methoxy groups -OCH3 is 1. The largest absolute Gasteiger partial charge is 0.509 e. The summed E-state index contributed by atoms with van der Waals surface area (Å²) in [5, 5.41) is 0. The summed E-state index contributed by atoms with van der Waals surface area (Å²) in [6, 6.07) is 0. The first-order valence-corrected chi connectivity index (χ1v) is 3.81. The average molecular weight is 174 g/mol. The highest BCUT2D eigenvalue weighted by atomic mass is 16.8. The second-order valence-electron chi connectivity index (χ2n) is 2.80. The summed E-state index contributed by atoms with van der Waals surface area (Å²) in [5.41, 5.74) is 0. The Hall–Kier alpha value is -0.810. The van der Waals surface area contributed by atoms with E-state index in [4.69, 9.17) is 18.9 Å². The predicted octanol–water partition coefficient (Wildman–Crippen LogP) is 0.283. The molecule has 2 aliphatic heterocycles. The molecule has 5 heteroatoms. The molecule has 0 N–H and O–H groups in total. The fourth-order valence-corrected chi connectivity index (χ4v) is 1.39. The first-order valence-electron chi connectivity index (χ1n) is 3.81.